The fraction of sp³-hybridized carbons (Fsp3) is 0.400. The average Bonchev–Trinajstić information content (AvgIpc) is 2.84. The van der Waals surface area contributed by atoms with Crippen LogP contribution in [0.1, 0.15) is 11.1 Å². The van der Waals surface area contributed by atoms with Gasteiger partial charge in [-0.3, -0.25) is 4.57 Å². The molecule has 0 spiro atoms. The minimum absolute atomic E-state index is 0.0316. The van der Waals surface area contributed by atoms with E-state index < -0.39 is 12.8 Å². The molecule has 0 saturated heterocycles. The molecule has 0 atom stereocenters. The van der Waals surface area contributed by atoms with Crippen molar-refractivity contribution >= 4 is 11.8 Å². The first-order valence-corrected chi connectivity index (χ1v) is 7.73. The van der Waals surface area contributed by atoms with E-state index in [4.69, 9.17) is 0 Å². The smallest absolute Gasteiger partial charge is 0.371 e. The summed E-state index contributed by atoms with van der Waals surface area (Å²) in [6, 6.07) is 6.16. The normalized spacial score (nSPS) is 11.9. The maximum atomic E-state index is 12.0. The van der Waals surface area contributed by atoms with Crippen molar-refractivity contribution in [3.8, 4) is 5.69 Å². The van der Waals surface area contributed by atoms with Crippen molar-refractivity contribution in [2.45, 2.75) is 25.2 Å². The molecule has 1 aromatic carbocycles. The number of imidazole rings is 1. The zero-order valence-electron chi connectivity index (χ0n) is 12.4. The topological polar surface area (TPSA) is 27.1 Å². The van der Waals surface area contributed by atoms with Gasteiger partial charge in [-0.2, -0.15) is 13.2 Å². The molecule has 0 radical (unpaired) electrons. The van der Waals surface area contributed by atoms with Crippen LogP contribution in [0.15, 0.2) is 35.7 Å². The first-order valence-electron chi connectivity index (χ1n) is 6.74. The molecule has 0 N–H and O–H groups in total. The number of nitrogens with zero attached hydrogens (tertiary/aromatic N) is 2. The van der Waals surface area contributed by atoms with Crippen molar-refractivity contribution in [2.75, 3.05) is 19.0 Å². The monoisotopic (exact) mass is 330 g/mol. The molecule has 2 aromatic rings. The summed E-state index contributed by atoms with van der Waals surface area (Å²) in [5.74, 6) is 0.415. The van der Waals surface area contributed by atoms with Crippen molar-refractivity contribution in [3.05, 3.63) is 41.7 Å². The average molecular weight is 330 g/mol. The van der Waals surface area contributed by atoms with Crippen molar-refractivity contribution < 1.29 is 17.9 Å². The van der Waals surface area contributed by atoms with Gasteiger partial charge in [-0.1, -0.05) is 17.8 Å². The molecule has 0 bridgehead atoms. The van der Waals surface area contributed by atoms with Crippen LogP contribution in [0.4, 0.5) is 13.2 Å². The molecule has 0 saturated carbocycles. The van der Waals surface area contributed by atoms with Crippen LogP contribution in [-0.4, -0.2) is 34.7 Å². The summed E-state index contributed by atoms with van der Waals surface area (Å²) >= 11 is 1.37. The van der Waals surface area contributed by atoms with E-state index in [-0.39, 0.29) is 6.61 Å². The fourth-order valence-corrected chi connectivity index (χ4v) is 2.89. The number of benzene rings is 1. The standard InChI is InChI=1S/C15H17F3N2OS/c1-11-7-12(2)9-13(8-11)20-4-3-19-14(20)22-6-5-21-10-15(16,17)18/h3-4,7-9H,5-6,10H2,1-2H3. The van der Waals surface area contributed by atoms with Crippen LogP contribution in [0.25, 0.3) is 5.69 Å². The highest BCUT2D eigenvalue weighted by Crippen LogP contribution is 2.22. The number of aromatic nitrogens is 2. The molecule has 120 valence electrons. The Morgan fingerprint density at radius 1 is 1.18 bits per heavy atom. The quantitative estimate of drug-likeness (QED) is 0.588. The molecule has 3 nitrogen and oxygen atoms in total. The van der Waals surface area contributed by atoms with Crippen molar-refractivity contribution in [2.24, 2.45) is 0 Å². The van der Waals surface area contributed by atoms with E-state index in [2.05, 4.69) is 15.8 Å². The highest BCUT2D eigenvalue weighted by atomic mass is 32.2. The van der Waals surface area contributed by atoms with Crippen LogP contribution in [0.2, 0.25) is 0 Å². The van der Waals surface area contributed by atoms with Crippen LogP contribution < -0.4 is 0 Å². The second-order valence-corrected chi connectivity index (χ2v) is 6.00. The van der Waals surface area contributed by atoms with E-state index >= 15 is 0 Å². The highest BCUT2D eigenvalue weighted by Gasteiger charge is 2.27. The molecule has 1 heterocycles. The lowest BCUT2D eigenvalue weighted by Gasteiger charge is -2.10. The summed E-state index contributed by atoms with van der Waals surface area (Å²) in [7, 11) is 0. The summed E-state index contributed by atoms with van der Waals surface area (Å²) in [4.78, 5) is 4.25. The molecule has 1 aromatic heterocycles. The van der Waals surface area contributed by atoms with Gasteiger partial charge < -0.3 is 4.74 Å². The van der Waals surface area contributed by atoms with Gasteiger partial charge in [0, 0.05) is 23.8 Å². The Morgan fingerprint density at radius 2 is 1.86 bits per heavy atom. The zero-order chi connectivity index (χ0) is 16.2. The number of halogens is 3. The molecule has 7 heteroatoms. The minimum atomic E-state index is -4.28. The third-order valence-electron chi connectivity index (χ3n) is 2.82. The predicted molar refractivity (Wildman–Crippen MR) is 80.6 cm³/mol. The van der Waals surface area contributed by atoms with Gasteiger partial charge in [0.25, 0.3) is 0 Å². The van der Waals surface area contributed by atoms with Gasteiger partial charge in [0.1, 0.15) is 6.61 Å². The molecule has 0 aliphatic carbocycles. The van der Waals surface area contributed by atoms with E-state index in [1.807, 2.05) is 36.7 Å². The van der Waals surface area contributed by atoms with E-state index in [1.54, 1.807) is 6.20 Å². The van der Waals surface area contributed by atoms with Crippen LogP contribution in [-0.2, 0) is 4.74 Å². The zero-order valence-corrected chi connectivity index (χ0v) is 13.2. The Morgan fingerprint density at radius 3 is 2.50 bits per heavy atom. The fourth-order valence-electron chi connectivity index (χ4n) is 2.06. The summed E-state index contributed by atoms with van der Waals surface area (Å²) in [5.41, 5.74) is 3.29. The molecule has 0 aliphatic heterocycles. The molecule has 0 unspecified atom stereocenters. The lowest BCUT2D eigenvalue weighted by Crippen LogP contribution is -2.17. The molecule has 0 amide bonds. The second kappa shape index (κ2) is 7.19. The number of thioether (sulfide) groups is 1. The van der Waals surface area contributed by atoms with Gasteiger partial charge in [0.05, 0.1) is 6.61 Å². The summed E-state index contributed by atoms with van der Waals surface area (Å²) in [5, 5.41) is 0.737. The van der Waals surface area contributed by atoms with Crippen molar-refractivity contribution in [1.29, 1.82) is 0 Å². The number of hydrogen-bond donors (Lipinski definition) is 0. The number of hydrogen-bond acceptors (Lipinski definition) is 3. The van der Waals surface area contributed by atoms with Gasteiger partial charge in [-0.25, -0.2) is 4.98 Å². The predicted octanol–water partition coefficient (Wildman–Crippen LogP) is 4.16. The lowest BCUT2D eigenvalue weighted by molar-refractivity contribution is -0.172. The Bertz CT molecular complexity index is 605. The van der Waals surface area contributed by atoms with Gasteiger partial charge in [-0.15, -0.1) is 0 Å². The third kappa shape index (κ3) is 5.06. The number of rotatable bonds is 6. The summed E-state index contributed by atoms with van der Waals surface area (Å²) in [6.45, 7) is 2.86. The SMILES string of the molecule is Cc1cc(C)cc(-n2ccnc2SCCOCC(F)(F)F)c1. The highest BCUT2D eigenvalue weighted by molar-refractivity contribution is 7.99. The molecule has 2 rings (SSSR count). The molecule has 0 fully saturated rings. The summed E-state index contributed by atoms with van der Waals surface area (Å²) < 4.78 is 42.4. The van der Waals surface area contributed by atoms with Crippen LogP contribution in [0.5, 0.6) is 0 Å². The Labute approximate surface area is 131 Å². The maximum absolute atomic E-state index is 12.0. The van der Waals surface area contributed by atoms with Gasteiger partial charge in [-0.05, 0) is 37.1 Å². The van der Waals surface area contributed by atoms with E-state index in [0.29, 0.717) is 5.75 Å². The van der Waals surface area contributed by atoms with E-state index in [9.17, 15) is 13.2 Å². The van der Waals surface area contributed by atoms with Gasteiger partial charge in [0.15, 0.2) is 5.16 Å². The van der Waals surface area contributed by atoms with Crippen molar-refractivity contribution in [1.82, 2.24) is 9.55 Å². The number of alkyl halides is 3. The molecular weight excluding hydrogens is 313 g/mol. The number of aryl methyl sites for hydroxylation is 2. The first-order chi connectivity index (χ1) is 10.3. The Kier molecular flexibility index (Phi) is 5.52. The largest absolute Gasteiger partial charge is 0.411 e. The maximum Gasteiger partial charge on any atom is 0.411 e. The van der Waals surface area contributed by atoms with E-state index in [1.165, 1.54) is 11.8 Å². The van der Waals surface area contributed by atoms with Gasteiger partial charge in [0.2, 0.25) is 0 Å². The van der Waals surface area contributed by atoms with Crippen molar-refractivity contribution in [3.63, 3.8) is 0 Å². The molecular formula is C15H17F3N2OS. The molecule has 22 heavy (non-hydrogen) atoms. The molecule has 0 aliphatic rings. The third-order valence-corrected chi connectivity index (χ3v) is 3.75. The minimum Gasteiger partial charge on any atom is -0.371 e. The van der Waals surface area contributed by atoms with Crippen LogP contribution in [0, 0.1) is 13.8 Å². The van der Waals surface area contributed by atoms with E-state index in [0.717, 1.165) is 22.0 Å². The number of ether oxygens (including phenoxy) is 1. The Hall–Kier alpha value is -1.47. The first kappa shape index (κ1) is 16.9. The van der Waals surface area contributed by atoms with Gasteiger partial charge >= 0.3 is 6.18 Å². The second-order valence-electron chi connectivity index (χ2n) is 4.94. The Balaban J connectivity index is 1.95. The van der Waals surface area contributed by atoms with Crippen LogP contribution >= 0.6 is 11.8 Å². The lowest BCUT2D eigenvalue weighted by atomic mass is 10.1. The summed E-state index contributed by atoms with van der Waals surface area (Å²) in [6.07, 6.45) is -0.758. The van der Waals surface area contributed by atoms with Crippen LogP contribution in [0.3, 0.4) is 0 Å².